The van der Waals surface area contributed by atoms with Gasteiger partial charge in [0.05, 0.1) is 16.2 Å². The van der Waals surface area contributed by atoms with Crippen LogP contribution in [0.4, 0.5) is 5.69 Å². The van der Waals surface area contributed by atoms with Crippen molar-refractivity contribution in [3.63, 3.8) is 0 Å². The van der Waals surface area contributed by atoms with Crippen LogP contribution >= 0.6 is 11.8 Å². The Labute approximate surface area is 156 Å². The minimum absolute atomic E-state index is 0.124. The van der Waals surface area contributed by atoms with Gasteiger partial charge in [-0.25, -0.2) is 9.79 Å². The van der Waals surface area contributed by atoms with Gasteiger partial charge in [-0.2, -0.15) is 0 Å². The smallest absolute Gasteiger partial charge is 0.336 e. The summed E-state index contributed by atoms with van der Waals surface area (Å²) in [5.41, 5.74) is 3.43. The van der Waals surface area contributed by atoms with Gasteiger partial charge >= 0.3 is 5.97 Å². The van der Waals surface area contributed by atoms with E-state index in [1.165, 1.54) is 16.7 Å². The molecule has 2 aromatic rings. The van der Waals surface area contributed by atoms with Gasteiger partial charge < -0.3 is 5.11 Å². The van der Waals surface area contributed by atoms with Crippen LogP contribution in [0.15, 0.2) is 52.4 Å². The molecule has 0 radical (unpaired) electrons. The average Bonchev–Trinajstić information content (AvgIpc) is 2.86. The minimum Gasteiger partial charge on any atom is -0.478 e. The number of nitrogens with zero attached hydrogens (tertiary/aromatic N) is 2. The summed E-state index contributed by atoms with van der Waals surface area (Å²) in [5.74, 6) is -1.12. The molecule has 0 spiro atoms. The van der Waals surface area contributed by atoms with E-state index >= 15 is 0 Å². The third-order valence-electron chi connectivity index (χ3n) is 4.13. The zero-order valence-corrected chi connectivity index (χ0v) is 15.5. The maximum absolute atomic E-state index is 12.5. The molecule has 1 aliphatic heterocycles. The van der Waals surface area contributed by atoms with E-state index in [0.717, 1.165) is 11.1 Å². The van der Waals surface area contributed by atoms with E-state index in [9.17, 15) is 14.7 Å². The highest BCUT2D eigenvalue weighted by atomic mass is 32.2. The minimum atomic E-state index is -0.993. The molecular weight excluding hydrogens is 348 g/mol. The molecule has 1 saturated heterocycles. The number of carboxylic acid groups (broad SMARTS) is 1. The van der Waals surface area contributed by atoms with Gasteiger partial charge in [-0.1, -0.05) is 35.9 Å². The normalized spacial score (nSPS) is 17.3. The summed E-state index contributed by atoms with van der Waals surface area (Å²) in [5, 5.41) is 9.77. The zero-order valence-electron chi connectivity index (χ0n) is 14.7. The van der Waals surface area contributed by atoms with Crippen LogP contribution in [0.5, 0.6) is 0 Å². The monoisotopic (exact) mass is 366 g/mol. The molecule has 1 heterocycles. The lowest BCUT2D eigenvalue weighted by molar-refractivity contribution is -0.121. The predicted molar refractivity (Wildman–Crippen MR) is 105 cm³/mol. The molecule has 0 saturated carbocycles. The Kier molecular flexibility index (Phi) is 4.95. The molecule has 1 fully saturated rings. The Morgan fingerprint density at radius 3 is 2.50 bits per heavy atom. The molecule has 5 nitrogen and oxygen atoms in total. The molecule has 1 amide bonds. The van der Waals surface area contributed by atoms with Gasteiger partial charge in [0.15, 0.2) is 5.17 Å². The van der Waals surface area contributed by atoms with E-state index in [2.05, 4.69) is 4.99 Å². The number of amidine groups is 1. The van der Waals surface area contributed by atoms with E-state index in [1.54, 1.807) is 32.2 Å². The van der Waals surface area contributed by atoms with Crippen LogP contribution in [-0.2, 0) is 4.79 Å². The van der Waals surface area contributed by atoms with Gasteiger partial charge in [0, 0.05) is 7.05 Å². The number of amides is 1. The van der Waals surface area contributed by atoms with Gasteiger partial charge in [-0.3, -0.25) is 9.69 Å². The van der Waals surface area contributed by atoms with Crippen LogP contribution in [0.1, 0.15) is 27.0 Å². The fourth-order valence-corrected chi connectivity index (χ4v) is 3.52. The van der Waals surface area contributed by atoms with E-state index in [4.69, 9.17) is 0 Å². The lowest BCUT2D eigenvalue weighted by atomic mass is 10.1. The van der Waals surface area contributed by atoms with Gasteiger partial charge in [0.25, 0.3) is 5.91 Å². The van der Waals surface area contributed by atoms with E-state index in [1.807, 2.05) is 37.3 Å². The molecule has 132 valence electrons. The third-order valence-corrected chi connectivity index (χ3v) is 5.19. The Morgan fingerprint density at radius 2 is 1.85 bits per heavy atom. The molecule has 0 aromatic heterocycles. The van der Waals surface area contributed by atoms with Crippen molar-refractivity contribution in [2.45, 2.75) is 13.8 Å². The van der Waals surface area contributed by atoms with Crippen LogP contribution in [-0.4, -0.2) is 34.1 Å². The second-order valence-corrected chi connectivity index (χ2v) is 7.04. The van der Waals surface area contributed by atoms with E-state index < -0.39 is 5.97 Å². The molecular formula is C20H18N2O3S. The third kappa shape index (κ3) is 3.55. The number of aromatic carboxylic acids is 1. The highest BCUT2D eigenvalue weighted by Crippen LogP contribution is 2.34. The number of aryl methyl sites for hydroxylation is 1. The van der Waals surface area contributed by atoms with Crippen LogP contribution in [0.3, 0.4) is 0 Å². The summed E-state index contributed by atoms with van der Waals surface area (Å²) in [6, 6.07) is 12.9. The molecule has 2 aromatic carbocycles. The van der Waals surface area contributed by atoms with Gasteiger partial charge in [-0.15, -0.1) is 0 Å². The Bertz CT molecular complexity index is 946. The predicted octanol–water partition coefficient (Wildman–Crippen LogP) is 4.24. The van der Waals surface area contributed by atoms with Gasteiger partial charge in [-0.05, 0) is 54.9 Å². The summed E-state index contributed by atoms with van der Waals surface area (Å²) in [6.45, 7) is 3.73. The van der Waals surface area contributed by atoms with Crippen molar-refractivity contribution in [2.75, 3.05) is 7.05 Å². The first-order valence-electron chi connectivity index (χ1n) is 8.02. The fourth-order valence-electron chi connectivity index (χ4n) is 2.55. The zero-order chi connectivity index (χ0) is 18.8. The number of likely N-dealkylation sites (N-methyl/N-ethyl adjacent to an activating group) is 1. The van der Waals surface area contributed by atoms with Crippen LogP contribution < -0.4 is 0 Å². The molecule has 3 rings (SSSR count). The van der Waals surface area contributed by atoms with Crippen molar-refractivity contribution in [1.29, 1.82) is 0 Å². The highest BCUT2D eigenvalue weighted by molar-refractivity contribution is 8.18. The van der Waals surface area contributed by atoms with Crippen molar-refractivity contribution in [3.05, 3.63) is 69.6 Å². The summed E-state index contributed by atoms with van der Waals surface area (Å²) >= 11 is 1.28. The van der Waals surface area contributed by atoms with Gasteiger partial charge in [0.1, 0.15) is 0 Å². The number of aliphatic imine (C=N–C) groups is 1. The topological polar surface area (TPSA) is 70.0 Å². The van der Waals surface area contributed by atoms with Crippen molar-refractivity contribution in [3.8, 4) is 0 Å². The van der Waals surface area contributed by atoms with Crippen molar-refractivity contribution >= 4 is 40.6 Å². The fraction of sp³-hybridized carbons (Fsp3) is 0.150. The van der Waals surface area contributed by atoms with Crippen LogP contribution in [0.2, 0.25) is 0 Å². The number of carbonyl (C=O) groups excluding carboxylic acids is 1. The first kappa shape index (κ1) is 17.9. The summed E-state index contributed by atoms with van der Waals surface area (Å²) in [6.07, 6.45) is 1.84. The summed E-state index contributed by atoms with van der Waals surface area (Å²) in [4.78, 5) is 30.4. The molecule has 0 aliphatic carbocycles. The first-order chi connectivity index (χ1) is 12.4. The van der Waals surface area contributed by atoms with Crippen LogP contribution in [0, 0.1) is 13.8 Å². The van der Waals surface area contributed by atoms with Gasteiger partial charge in [0.2, 0.25) is 0 Å². The largest absolute Gasteiger partial charge is 0.478 e. The van der Waals surface area contributed by atoms with Crippen molar-refractivity contribution in [1.82, 2.24) is 4.90 Å². The Morgan fingerprint density at radius 1 is 1.15 bits per heavy atom. The highest BCUT2D eigenvalue weighted by Gasteiger charge is 2.30. The number of carbonyl (C=O) groups is 2. The Balaban J connectivity index is 1.94. The van der Waals surface area contributed by atoms with Crippen molar-refractivity contribution in [2.24, 2.45) is 4.99 Å². The SMILES string of the molecule is Cc1ccc(/C=C2\SC(=Nc3cccc(C(=O)O)c3C)N(C)C2=O)cc1. The second-order valence-electron chi connectivity index (χ2n) is 6.03. The quantitative estimate of drug-likeness (QED) is 0.825. The lowest BCUT2D eigenvalue weighted by Gasteiger charge is -2.09. The summed E-state index contributed by atoms with van der Waals surface area (Å²) in [7, 11) is 1.67. The number of rotatable bonds is 3. The number of thioether (sulfide) groups is 1. The molecule has 1 aliphatic rings. The number of benzene rings is 2. The molecule has 26 heavy (non-hydrogen) atoms. The van der Waals surface area contributed by atoms with E-state index in [-0.39, 0.29) is 11.5 Å². The molecule has 1 N–H and O–H groups in total. The first-order valence-corrected chi connectivity index (χ1v) is 8.84. The second kappa shape index (κ2) is 7.17. The Hall–Kier alpha value is -2.86. The lowest BCUT2D eigenvalue weighted by Crippen LogP contribution is -2.23. The number of hydrogen-bond donors (Lipinski definition) is 1. The molecule has 6 heteroatoms. The number of carboxylic acids is 1. The van der Waals surface area contributed by atoms with E-state index in [0.29, 0.717) is 21.3 Å². The van der Waals surface area contributed by atoms with Crippen LogP contribution in [0.25, 0.3) is 6.08 Å². The maximum atomic E-state index is 12.5. The molecule has 0 atom stereocenters. The average molecular weight is 366 g/mol. The number of hydrogen-bond acceptors (Lipinski definition) is 4. The van der Waals surface area contributed by atoms with Crippen molar-refractivity contribution < 1.29 is 14.7 Å². The molecule has 0 unspecified atom stereocenters. The standard InChI is InChI=1S/C20H18N2O3S/c1-12-7-9-14(10-8-12)11-17-18(23)22(3)20(26-17)21-16-6-4-5-15(13(16)2)19(24)25/h4-11H,1-3H3,(H,24,25)/b17-11-,21-20?. The summed E-state index contributed by atoms with van der Waals surface area (Å²) < 4.78 is 0. The molecule has 0 bridgehead atoms. The maximum Gasteiger partial charge on any atom is 0.336 e.